The van der Waals surface area contributed by atoms with E-state index >= 15 is 0 Å². The molecule has 1 atom stereocenters. The highest BCUT2D eigenvalue weighted by molar-refractivity contribution is 5.69. The van der Waals surface area contributed by atoms with Gasteiger partial charge in [-0.3, -0.25) is 9.69 Å². The number of rotatable bonds is 10. The Morgan fingerprint density at radius 3 is 2.38 bits per heavy atom. The first-order valence-corrected chi connectivity index (χ1v) is 12.9. The van der Waals surface area contributed by atoms with E-state index in [2.05, 4.69) is 65.0 Å². The normalized spacial score (nSPS) is 15.2. The lowest BCUT2D eigenvalue weighted by molar-refractivity contribution is -0.137. The van der Waals surface area contributed by atoms with Crippen molar-refractivity contribution in [3.05, 3.63) is 76.9 Å². The van der Waals surface area contributed by atoms with Gasteiger partial charge >= 0.3 is 5.97 Å². The van der Waals surface area contributed by atoms with Gasteiger partial charge in [0, 0.05) is 18.4 Å². The number of nitrogens with zero attached hydrogens (tertiary/aromatic N) is 3. The van der Waals surface area contributed by atoms with Crippen LogP contribution in [-0.4, -0.2) is 39.2 Å². The van der Waals surface area contributed by atoms with Gasteiger partial charge in [0.05, 0.1) is 12.3 Å². The van der Waals surface area contributed by atoms with Crippen LogP contribution >= 0.6 is 0 Å². The zero-order chi connectivity index (χ0) is 26.2. The number of ether oxygens (including phenoxy) is 1. The third kappa shape index (κ3) is 7.43. The van der Waals surface area contributed by atoms with Crippen molar-refractivity contribution < 1.29 is 19.2 Å². The summed E-state index contributed by atoms with van der Waals surface area (Å²) in [4.78, 5) is 18.2. The molecule has 2 heterocycles. The van der Waals surface area contributed by atoms with Gasteiger partial charge < -0.3 is 14.4 Å². The van der Waals surface area contributed by atoms with Gasteiger partial charge in [0.15, 0.2) is 5.82 Å². The first kappa shape index (κ1) is 26.4. The number of likely N-dealkylation sites (tertiary alicyclic amines) is 1. The Labute approximate surface area is 218 Å². The fourth-order valence-corrected chi connectivity index (χ4v) is 4.55. The van der Waals surface area contributed by atoms with Crippen molar-refractivity contribution in [1.29, 1.82) is 0 Å². The van der Waals surface area contributed by atoms with E-state index in [9.17, 15) is 4.79 Å². The Kier molecular flexibility index (Phi) is 8.97. The number of aromatic nitrogens is 2. The molecule has 0 saturated carbocycles. The summed E-state index contributed by atoms with van der Waals surface area (Å²) in [5.74, 6) is 7.59. The van der Waals surface area contributed by atoms with Crippen LogP contribution in [0.1, 0.15) is 86.2 Å². The summed E-state index contributed by atoms with van der Waals surface area (Å²) < 4.78 is 11.5. The summed E-state index contributed by atoms with van der Waals surface area (Å²) in [5, 5.41) is 13.2. The molecule has 1 N–H and O–H groups in total. The van der Waals surface area contributed by atoms with Crippen molar-refractivity contribution in [1.82, 2.24) is 15.0 Å². The molecule has 7 heteroatoms. The topological polar surface area (TPSA) is 88.7 Å². The fourth-order valence-electron chi connectivity index (χ4n) is 4.55. The van der Waals surface area contributed by atoms with Gasteiger partial charge in [0.1, 0.15) is 12.4 Å². The van der Waals surface area contributed by atoms with E-state index in [-0.39, 0.29) is 18.3 Å². The number of carboxylic acid groups (broad SMARTS) is 1. The van der Waals surface area contributed by atoms with Crippen molar-refractivity contribution in [2.24, 2.45) is 0 Å². The predicted octanol–water partition coefficient (Wildman–Crippen LogP) is 5.73. The molecule has 0 spiro atoms. The molecule has 1 fully saturated rings. The minimum Gasteiger partial charge on any atom is -0.489 e. The maximum Gasteiger partial charge on any atom is 0.304 e. The number of aliphatic carboxylic acids is 1. The van der Waals surface area contributed by atoms with Crippen LogP contribution < -0.4 is 4.74 Å². The molecule has 3 aromatic rings. The second-order valence-corrected chi connectivity index (χ2v) is 9.91. The smallest absolute Gasteiger partial charge is 0.304 e. The maximum absolute atomic E-state index is 11.1. The molecule has 0 bridgehead atoms. The van der Waals surface area contributed by atoms with Crippen LogP contribution in [0.3, 0.4) is 0 Å². The SMILES string of the molecule is CC#C[C@@H](CC(=O)O)c1ccc(OCc2ccc(CN3CCC(c4nc(C(C)C)no4)CC3)cc2)cc1. The second kappa shape index (κ2) is 12.6. The fraction of sp³-hybridized carbons (Fsp3) is 0.433. The third-order valence-electron chi connectivity index (χ3n) is 6.73. The first-order chi connectivity index (χ1) is 17.9. The highest BCUT2D eigenvalue weighted by Crippen LogP contribution is 2.28. The van der Waals surface area contributed by atoms with Crippen molar-refractivity contribution in [3.8, 4) is 17.6 Å². The molecule has 7 nitrogen and oxygen atoms in total. The Morgan fingerprint density at radius 2 is 1.78 bits per heavy atom. The molecule has 1 aliphatic heterocycles. The highest BCUT2D eigenvalue weighted by atomic mass is 16.5. The number of hydrogen-bond acceptors (Lipinski definition) is 6. The standard InChI is InChI=1S/C30H35N3O4/c1-4-5-26(18-28(34)35)24-10-12-27(13-11-24)36-20-23-8-6-22(7-9-23)19-33-16-14-25(15-17-33)30-31-29(21(2)3)32-37-30/h6-13,21,25-26H,14-20H2,1-3H3,(H,34,35)/t26-/m0/s1. The summed E-state index contributed by atoms with van der Waals surface area (Å²) in [6.45, 7) is 9.31. The van der Waals surface area contributed by atoms with Gasteiger partial charge in [-0.1, -0.05) is 61.3 Å². The Balaban J connectivity index is 1.23. The van der Waals surface area contributed by atoms with Gasteiger partial charge in [-0.2, -0.15) is 4.98 Å². The number of hydrogen-bond donors (Lipinski definition) is 1. The lowest BCUT2D eigenvalue weighted by Crippen LogP contribution is -2.32. The van der Waals surface area contributed by atoms with Crippen LogP contribution in [-0.2, 0) is 17.9 Å². The molecule has 2 aromatic carbocycles. The molecule has 1 aliphatic rings. The molecular formula is C30H35N3O4. The molecular weight excluding hydrogens is 466 g/mol. The maximum atomic E-state index is 11.1. The monoisotopic (exact) mass is 501 g/mol. The molecule has 0 amide bonds. The average Bonchev–Trinajstić information content (AvgIpc) is 3.40. The number of benzene rings is 2. The lowest BCUT2D eigenvalue weighted by Gasteiger charge is -2.30. The molecule has 0 radical (unpaired) electrons. The van der Waals surface area contributed by atoms with E-state index in [1.165, 1.54) is 5.56 Å². The van der Waals surface area contributed by atoms with E-state index in [1.54, 1.807) is 6.92 Å². The van der Waals surface area contributed by atoms with Crippen LogP contribution in [0.15, 0.2) is 53.1 Å². The highest BCUT2D eigenvalue weighted by Gasteiger charge is 2.25. The summed E-state index contributed by atoms with van der Waals surface area (Å²) in [7, 11) is 0. The van der Waals surface area contributed by atoms with Crippen molar-refractivity contribution >= 4 is 5.97 Å². The van der Waals surface area contributed by atoms with Crippen molar-refractivity contribution in [2.75, 3.05) is 13.1 Å². The summed E-state index contributed by atoms with van der Waals surface area (Å²) in [5.41, 5.74) is 3.27. The number of piperidine rings is 1. The second-order valence-electron chi connectivity index (χ2n) is 9.91. The summed E-state index contributed by atoms with van der Waals surface area (Å²) in [6, 6.07) is 16.1. The number of carboxylic acids is 1. The molecule has 0 unspecified atom stereocenters. The van der Waals surface area contributed by atoms with Gasteiger partial charge in [-0.15, -0.1) is 5.92 Å². The van der Waals surface area contributed by atoms with Gasteiger partial charge in [0.25, 0.3) is 0 Å². The number of carbonyl (C=O) groups is 1. The van der Waals surface area contributed by atoms with Crippen LogP contribution in [0, 0.1) is 11.8 Å². The minimum absolute atomic E-state index is 0.0107. The largest absolute Gasteiger partial charge is 0.489 e. The molecule has 0 aliphatic carbocycles. The molecule has 4 rings (SSSR count). The zero-order valence-corrected chi connectivity index (χ0v) is 21.8. The van der Waals surface area contributed by atoms with Crippen molar-refractivity contribution in [3.63, 3.8) is 0 Å². The van der Waals surface area contributed by atoms with E-state index in [0.717, 1.165) is 61.1 Å². The minimum atomic E-state index is -0.857. The predicted molar refractivity (Wildman–Crippen MR) is 141 cm³/mol. The van der Waals surface area contributed by atoms with E-state index in [4.69, 9.17) is 14.4 Å². The quantitative estimate of drug-likeness (QED) is 0.355. The van der Waals surface area contributed by atoms with Gasteiger partial charge in [-0.05, 0) is 61.7 Å². The third-order valence-corrected chi connectivity index (χ3v) is 6.73. The Hall–Kier alpha value is -3.63. The van der Waals surface area contributed by atoms with E-state index < -0.39 is 5.97 Å². The van der Waals surface area contributed by atoms with Gasteiger partial charge in [0.2, 0.25) is 5.89 Å². The molecule has 37 heavy (non-hydrogen) atoms. The van der Waals surface area contributed by atoms with Crippen LogP contribution in [0.5, 0.6) is 5.75 Å². The first-order valence-electron chi connectivity index (χ1n) is 12.9. The summed E-state index contributed by atoms with van der Waals surface area (Å²) in [6.07, 6.45) is 2.06. The van der Waals surface area contributed by atoms with E-state index in [1.807, 2.05) is 24.3 Å². The summed E-state index contributed by atoms with van der Waals surface area (Å²) >= 11 is 0. The molecule has 194 valence electrons. The van der Waals surface area contributed by atoms with Crippen LogP contribution in [0.2, 0.25) is 0 Å². The van der Waals surface area contributed by atoms with Crippen molar-refractivity contribution in [2.45, 2.75) is 70.9 Å². The molecule has 1 aromatic heterocycles. The Bertz CT molecular complexity index is 1210. The Morgan fingerprint density at radius 1 is 1.11 bits per heavy atom. The zero-order valence-electron chi connectivity index (χ0n) is 21.8. The lowest BCUT2D eigenvalue weighted by atomic mass is 9.96. The van der Waals surface area contributed by atoms with Gasteiger partial charge in [-0.25, -0.2) is 0 Å². The average molecular weight is 502 g/mol. The van der Waals surface area contributed by atoms with Crippen LogP contribution in [0.25, 0.3) is 0 Å². The van der Waals surface area contributed by atoms with E-state index in [0.29, 0.717) is 12.5 Å². The van der Waals surface area contributed by atoms with Crippen LogP contribution in [0.4, 0.5) is 0 Å². The molecule has 1 saturated heterocycles.